The summed E-state index contributed by atoms with van der Waals surface area (Å²) in [5.41, 5.74) is 2.01. The Morgan fingerprint density at radius 2 is 1.49 bits per heavy atom. The number of alkyl halides is 6. The number of carboxylic acids is 2. The predicted molar refractivity (Wildman–Crippen MR) is 122 cm³/mol. The Morgan fingerprint density at radius 3 is 2.03 bits per heavy atom. The Kier molecular flexibility index (Phi) is 11.6. The minimum absolute atomic E-state index is 0.117. The molecule has 8 nitrogen and oxygen atoms in total. The molecule has 4 rings (SSSR count). The maximum Gasteiger partial charge on any atom is 0.490 e. The summed E-state index contributed by atoms with van der Waals surface area (Å²) >= 11 is 0. The summed E-state index contributed by atoms with van der Waals surface area (Å²) in [5, 5.41) is 14.2. The number of hydrogen-bond acceptors (Lipinski definition) is 6. The largest absolute Gasteiger partial charge is 0.490 e. The Morgan fingerprint density at radius 1 is 0.897 bits per heavy atom. The molecule has 2 N–H and O–H groups in total. The first-order valence-corrected chi connectivity index (χ1v) is 11.5. The van der Waals surface area contributed by atoms with E-state index in [0.29, 0.717) is 12.5 Å². The number of pyridine rings is 1. The Hall–Kier alpha value is -3.30. The van der Waals surface area contributed by atoms with Crippen LogP contribution in [-0.2, 0) is 27.4 Å². The minimum atomic E-state index is -5.08. The van der Waals surface area contributed by atoms with Gasteiger partial charge in [0.2, 0.25) is 0 Å². The van der Waals surface area contributed by atoms with Crippen molar-refractivity contribution >= 4 is 11.9 Å². The van der Waals surface area contributed by atoms with E-state index < -0.39 is 24.3 Å². The molecule has 0 saturated carbocycles. The number of halogens is 7. The monoisotopic (exact) mass is 569 g/mol. The Balaban J connectivity index is 0.000000317. The molecule has 15 heteroatoms. The van der Waals surface area contributed by atoms with E-state index in [1.165, 1.54) is 11.6 Å². The van der Waals surface area contributed by atoms with Crippen molar-refractivity contribution in [1.82, 2.24) is 14.8 Å². The number of carbonyl (C=O) groups is 2. The molecule has 2 aromatic rings. The van der Waals surface area contributed by atoms with Crippen molar-refractivity contribution in [3.05, 3.63) is 65.7 Å². The van der Waals surface area contributed by atoms with Crippen LogP contribution < -0.4 is 0 Å². The molecule has 0 aliphatic carbocycles. The topological polar surface area (TPSA) is 103 Å². The summed E-state index contributed by atoms with van der Waals surface area (Å²) in [5.74, 6) is -5.15. The van der Waals surface area contributed by atoms with Gasteiger partial charge in [-0.15, -0.1) is 0 Å². The SMILES string of the molecule is Fc1ccccc1CN1C[C@@H]2CN(Cc3cccnc3)CCO[C@@H]2C1.O=C(O)C(F)(F)F.O=C(O)C(F)(F)F. The smallest absolute Gasteiger partial charge is 0.475 e. The Bertz CT molecular complexity index is 1050. The number of benzene rings is 1. The zero-order valence-corrected chi connectivity index (χ0v) is 20.3. The number of carboxylic acid groups (broad SMARTS) is 2. The number of fused-ring (bicyclic) bond motifs is 1. The third kappa shape index (κ3) is 11.1. The molecular weight excluding hydrogens is 543 g/mol. The van der Waals surface area contributed by atoms with E-state index in [1.54, 1.807) is 6.07 Å². The normalized spacial score (nSPS) is 20.0. The van der Waals surface area contributed by atoms with Crippen LogP contribution in [0.25, 0.3) is 0 Å². The van der Waals surface area contributed by atoms with Crippen LogP contribution in [0.15, 0.2) is 48.8 Å². The molecule has 2 aliphatic heterocycles. The van der Waals surface area contributed by atoms with E-state index in [0.717, 1.165) is 44.9 Å². The highest BCUT2D eigenvalue weighted by Crippen LogP contribution is 2.26. The highest BCUT2D eigenvalue weighted by molar-refractivity contribution is 5.73. The van der Waals surface area contributed by atoms with E-state index in [2.05, 4.69) is 20.9 Å². The summed E-state index contributed by atoms with van der Waals surface area (Å²) in [6.07, 6.45) is -6.17. The number of aliphatic carboxylic acids is 2. The Labute approximate surface area is 218 Å². The average Bonchev–Trinajstić information content (AvgIpc) is 3.11. The van der Waals surface area contributed by atoms with Gasteiger partial charge in [-0.2, -0.15) is 26.3 Å². The number of nitrogens with zero attached hydrogens (tertiary/aromatic N) is 3. The minimum Gasteiger partial charge on any atom is -0.475 e. The third-order valence-corrected chi connectivity index (χ3v) is 5.65. The average molecular weight is 569 g/mol. The zero-order valence-electron chi connectivity index (χ0n) is 20.3. The van der Waals surface area contributed by atoms with Crippen molar-refractivity contribution in [2.24, 2.45) is 5.92 Å². The maximum atomic E-state index is 13.9. The van der Waals surface area contributed by atoms with Crippen molar-refractivity contribution < 1.29 is 55.3 Å². The third-order valence-electron chi connectivity index (χ3n) is 5.65. The molecule has 1 aromatic carbocycles. The van der Waals surface area contributed by atoms with Crippen LogP contribution >= 0.6 is 0 Å². The van der Waals surface area contributed by atoms with Crippen LogP contribution in [0.3, 0.4) is 0 Å². The molecular formula is C24H26F7N3O5. The van der Waals surface area contributed by atoms with Gasteiger partial charge in [0.25, 0.3) is 0 Å². The van der Waals surface area contributed by atoms with Crippen molar-refractivity contribution in [2.45, 2.75) is 31.5 Å². The lowest BCUT2D eigenvalue weighted by Gasteiger charge is -2.23. The summed E-state index contributed by atoms with van der Waals surface area (Å²) in [4.78, 5) is 26.8. The second kappa shape index (κ2) is 14.2. The molecule has 39 heavy (non-hydrogen) atoms. The molecule has 216 valence electrons. The predicted octanol–water partition coefficient (Wildman–Crippen LogP) is 3.82. The van der Waals surface area contributed by atoms with E-state index in [9.17, 15) is 30.7 Å². The first-order valence-electron chi connectivity index (χ1n) is 11.5. The van der Waals surface area contributed by atoms with Crippen LogP contribution in [0.4, 0.5) is 30.7 Å². The maximum absolute atomic E-state index is 13.9. The summed E-state index contributed by atoms with van der Waals surface area (Å²) in [6, 6.07) is 11.2. The molecule has 2 atom stereocenters. The van der Waals surface area contributed by atoms with Gasteiger partial charge in [0.05, 0.1) is 12.7 Å². The lowest BCUT2D eigenvalue weighted by molar-refractivity contribution is -0.193. The van der Waals surface area contributed by atoms with Crippen molar-refractivity contribution in [2.75, 3.05) is 32.8 Å². The van der Waals surface area contributed by atoms with Gasteiger partial charge in [0, 0.05) is 63.1 Å². The van der Waals surface area contributed by atoms with Gasteiger partial charge in [-0.1, -0.05) is 24.3 Å². The number of likely N-dealkylation sites (tertiary alicyclic amines) is 1. The van der Waals surface area contributed by atoms with Crippen LogP contribution in [0.1, 0.15) is 11.1 Å². The molecule has 3 heterocycles. The number of ether oxygens (including phenoxy) is 1. The lowest BCUT2D eigenvalue weighted by atomic mass is 10.1. The number of hydrogen-bond donors (Lipinski definition) is 2. The first-order chi connectivity index (χ1) is 18.2. The standard InChI is InChI=1S/C20H24FN3O.2C2HF3O2/c21-19-6-2-1-5-17(19)12-24-14-18-13-23(8-9-25-20(18)15-24)11-16-4-3-7-22-10-16;2*3-2(4,5)1(6)7/h1-7,10,18,20H,8-9,11-15H2;2*(H,6,7)/t18-,20+;;/m0../s1. The molecule has 1 aromatic heterocycles. The molecule has 0 unspecified atom stereocenters. The fraction of sp³-hybridized carbons (Fsp3) is 0.458. The van der Waals surface area contributed by atoms with Crippen LogP contribution in [0.5, 0.6) is 0 Å². The summed E-state index contributed by atoms with van der Waals surface area (Å²) in [7, 11) is 0. The zero-order chi connectivity index (χ0) is 29.2. The van der Waals surface area contributed by atoms with Crippen molar-refractivity contribution in [3.63, 3.8) is 0 Å². The molecule has 0 radical (unpaired) electrons. The molecule has 0 amide bonds. The molecule has 2 aliphatic rings. The summed E-state index contributed by atoms with van der Waals surface area (Å²) < 4.78 is 83.5. The summed E-state index contributed by atoms with van der Waals surface area (Å²) in [6.45, 7) is 6.15. The van der Waals surface area contributed by atoms with E-state index in [-0.39, 0.29) is 11.9 Å². The highest BCUT2D eigenvalue weighted by atomic mass is 19.4. The lowest BCUT2D eigenvalue weighted by Crippen LogP contribution is -2.32. The van der Waals surface area contributed by atoms with E-state index in [1.807, 2.05) is 30.6 Å². The van der Waals surface area contributed by atoms with Crippen LogP contribution in [0.2, 0.25) is 0 Å². The second-order valence-corrected chi connectivity index (χ2v) is 8.66. The number of aromatic nitrogens is 1. The van der Waals surface area contributed by atoms with Crippen LogP contribution in [0, 0.1) is 11.7 Å². The molecule has 0 bridgehead atoms. The van der Waals surface area contributed by atoms with Gasteiger partial charge in [-0.25, -0.2) is 14.0 Å². The van der Waals surface area contributed by atoms with Gasteiger partial charge < -0.3 is 14.9 Å². The first kappa shape index (κ1) is 31.9. The van der Waals surface area contributed by atoms with Gasteiger partial charge in [0.1, 0.15) is 5.82 Å². The number of rotatable bonds is 4. The highest BCUT2D eigenvalue weighted by Gasteiger charge is 2.39. The second-order valence-electron chi connectivity index (χ2n) is 8.66. The van der Waals surface area contributed by atoms with E-state index >= 15 is 0 Å². The molecule has 0 spiro atoms. The van der Waals surface area contributed by atoms with Crippen molar-refractivity contribution in [3.8, 4) is 0 Å². The molecule has 2 fully saturated rings. The molecule has 2 saturated heterocycles. The fourth-order valence-corrected chi connectivity index (χ4v) is 3.94. The van der Waals surface area contributed by atoms with Gasteiger partial charge >= 0.3 is 24.3 Å². The fourth-order valence-electron chi connectivity index (χ4n) is 3.94. The van der Waals surface area contributed by atoms with E-state index in [4.69, 9.17) is 24.5 Å². The van der Waals surface area contributed by atoms with Crippen LogP contribution in [-0.4, -0.2) is 88.2 Å². The van der Waals surface area contributed by atoms with Gasteiger partial charge in [0.15, 0.2) is 0 Å². The van der Waals surface area contributed by atoms with Gasteiger partial charge in [-0.3, -0.25) is 14.8 Å². The van der Waals surface area contributed by atoms with Crippen molar-refractivity contribution in [1.29, 1.82) is 0 Å². The van der Waals surface area contributed by atoms with Gasteiger partial charge in [-0.05, 0) is 17.7 Å². The quantitative estimate of drug-likeness (QED) is 0.536.